The summed E-state index contributed by atoms with van der Waals surface area (Å²) in [6.45, 7) is 5.10. The number of hydrogen-bond acceptors (Lipinski definition) is 2. The highest BCUT2D eigenvalue weighted by atomic mass is 19.4. The standard InChI is InChI=1S/C17H24F3N3O/c1-11(2)8-9-22-16(21-3)23-14-10-13(14)12-6-4-5-7-15(12)24-17(18,19)20/h4-7,11,13-14H,8-10H2,1-3H3,(H2,21,22,23). The zero-order valence-electron chi connectivity index (χ0n) is 14.2. The smallest absolute Gasteiger partial charge is 0.405 e. The minimum Gasteiger partial charge on any atom is -0.405 e. The third-order valence-corrected chi connectivity index (χ3v) is 3.89. The molecule has 1 fully saturated rings. The van der Waals surface area contributed by atoms with Crippen molar-refractivity contribution in [3.05, 3.63) is 29.8 Å². The Morgan fingerprint density at radius 2 is 2.04 bits per heavy atom. The predicted octanol–water partition coefficient (Wildman–Crippen LogP) is 3.65. The molecular weight excluding hydrogens is 319 g/mol. The van der Waals surface area contributed by atoms with E-state index in [4.69, 9.17) is 0 Å². The summed E-state index contributed by atoms with van der Waals surface area (Å²) in [4.78, 5) is 4.16. The molecule has 1 aromatic carbocycles. The molecule has 0 spiro atoms. The van der Waals surface area contributed by atoms with Crippen molar-refractivity contribution >= 4 is 5.96 Å². The van der Waals surface area contributed by atoms with Crippen LogP contribution in [0.4, 0.5) is 13.2 Å². The first-order chi connectivity index (χ1) is 11.3. The lowest BCUT2D eigenvalue weighted by molar-refractivity contribution is -0.274. The largest absolute Gasteiger partial charge is 0.573 e. The number of hydrogen-bond donors (Lipinski definition) is 2. The molecule has 2 rings (SSSR count). The molecule has 0 bridgehead atoms. The van der Waals surface area contributed by atoms with Crippen LogP contribution in [0.1, 0.15) is 38.2 Å². The zero-order valence-corrected chi connectivity index (χ0v) is 14.2. The summed E-state index contributed by atoms with van der Waals surface area (Å²) in [7, 11) is 1.68. The lowest BCUT2D eigenvalue weighted by Crippen LogP contribution is -2.39. The van der Waals surface area contributed by atoms with Crippen LogP contribution in [0.15, 0.2) is 29.3 Å². The van der Waals surface area contributed by atoms with Gasteiger partial charge in [0.15, 0.2) is 5.96 Å². The average Bonchev–Trinajstić information content (AvgIpc) is 3.23. The van der Waals surface area contributed by atoms with Crippen LogP contribution >= 0.6 is 0 Å². The Hall–Kier alpha value is -1.92. The maximum absolute atomic E-state index is 12.5. The number of nitrogens with one attached hydrogen (secondary N) is 2. The summed E-state index contributed by atoms with van der Waals surface area (Å²) in [6, 6.07) is 6.37. The average molecular weight is 343 g/mol. The fourth-order valence-corrected chi connectivity index (χ4v) is 2.55. The van der Waals surface area contributed by atoms with Gasteiger partial charge < -0.3 is 15.4 Å². The first-order valence-electron chi connectivity index (χ1n) is 8.12. The van der Waals surface area contributed by atoms with Gasteiger partial charge in [-0.25, -0.2) is 0 Å². The van der Waals surface area contributed by atoms with E-state index in [0.717, 1.165) is 19.4 Å². The van der Waals surface area contributed by atoms with Crippen molar-refractivity contribution < 1.29 is 17.9 Å². The lowest BCUT2D eigenvalue weighted by atomic mass is 10.1. The number of halogens is 3. The minimum atomic E-state index is -4.68. The Morgan fingerprint density at radius 3 is 2.67 bits per heavy atom. The van der Waals surface area contributed by atoms with Crippen LogP contribution in [-0.4, -0.2) is 32.0 Å². The first kappa shape index (κ1) is 18.4. The molecule has 134 valence electrons. The van der Waals surface area contributed by atoms with Crippen LogP contribution < -0.4 is 15.4 Å². The predicted molar refractivity (Wildman–Crippen MR) is 88.2 cm³/mol. The molecule has 0 aliphatic heterocycles. The Balaban J connectivity index is 1.93. The van der Waals surface area contributed by atoms with Gasteiger partial charge in [-0.15, -0.1) is 13.2 Å². The highest BCUT2D eigenvalue weighted by Gasteiger charge is 2.42. The second-order valence-corrected chi connectivity index (χ2v) is 6.36. The summed E-state index contributed by atoms with van der Waals surface area (Å²) in [6.07, 6.45) is -2.90. The number of guanidine groups is 1. The molecule has 0 saturated heterocycles. The van der Waals surface area contributed by atoms with Gasteiger partial charge in [-0.1, -0.05) is 32.0 Å². The van der Waals surface area contributed by atoms with Crippen LogP contribution in [0, 0.1) is 5.92 Å². The van der Waals surface area contributed by atoms with Crippen molar-refractivity contribution in [1.29, 1.82) is 0 Å². The second-order valence-electron chi connectivity index (χ2n) is 6.36. The number of rotatable bonds is 6. The monoisotopic (exact) mass is 343 g/mol. The SMILES string of the molecule is CN=C(NCCC(C)C)NC1CC1c1ccccc1OC(F)(F)F. The number of alkyl halides is 3. The molecule has 1 aliphatic carbocycles. The second kappa shape index (κ2) is 7.77. The molecule has 1 aromatic rings. The molecule has 0 amide bonds. The van der Waals surface area contributed by atoms with Crippen LogP contribution in [-0.2, 0) is 0 Å². The number of aliphatic imine (C=N–C) groups is 1. The molecule has 1 aliphatic rings. The van der Waals surface area contributed by atoms with E-state index in [1.54, 1.807) is 25.2 Å². The van der Waals surface area contributed by atoms with Gasteiger partial charge >= 0.3 is 6.36 Å². The van der Waals surface area contributed by atoms with E-state index in [-0.39, 0.29) is 17.7 Å². The Morgan fingerprint density at radius 1 is 1.33 bits per heavy atom. The Bertz CT molecular complexity index is 572. The van der Waals surface area contributed by atoms with Gasteiger partial charge in [0.2, 0.25) is 0 Å². The van der Waals surface area contributed by atoms with Crippen LogP contribution in [0.2, 0.25) is 0 Å². The summed E-state index contributed by atoms with van der Waals surface area (Å²) >= 11 is 0. The van der Waals surface area contributed by atoms with Crippen molar-refractivity contribution in [2.45, 2.75) is 45.0 Å². The van der Waals surface area contributed by atoms with Crippen LogP contribution in [0.25, 0.3) is 0 Å². The lowest BCUT2D eigenvalue weighted by Gasteiger charge is -2.15. The third-order valence-electron chi connectivity index (χ3n) is 3.89. The van der Waals surface area contributed by atoms with E-state index in [1.807, 2.05) is 0 Å². The number of para-hydroxylation sites is 1. The summed E-state index contributed by atoms with van der Waals surface area (Å²) in [5.41, 5.74) is 0.574. The van der Waals surface area contributed by atoms with Crippen molar-refractivity contribution in [2.75, 3.05) is 13.6 Å². The fraction of sp³-hybridized carbons (Fsp3) is 0.588. The molecule has 0 heterocycles. The quantitative estimate of drug-likeness (QED) is 0.612. The molecule has 2 unspecified atom stereocenters. The maximum atomic E-state index is 12.5. The van der Waals surface area contributed by atoms with Crippen molar-refractivity contribution in [2.24, 2.45) is 10.9 Å². The van der Waals surface area contributed by atoms with Gasteiger partial charge in [0.1, 0.15) is 5.75 Å². The molecule has 0 radical (unpaired) electrons. The molecule has 2 N–H and O–H groups in total. The number of benzene rings is 1. The summed E-state index contributed by atoms with van der Waals surface area (Å²) < 4.78 is 41.6. The van der Waals surface area contributed by atoms with Gasteiger partial charge in [-0.3, -0.25) is 4.99 Å². The maximum Gasteiger partial charge on any atom is 0.573 e. The minimum absolute atomic E-state index is 0.00722. The topological polar surface area (TPSA) is 45.7 Å². The molecule has 0 aromatic heterocycles. The Kier molecular flexibility index (Phi) is 5.96. The number of nitrogens with zero attached hydrogens (tertiary/aromatic N) is 1. The Labute approximate surface area is 140 Å². The van der Waals surface area contributed by atoms with E-state index < -0.39 is 6.36 Å². The number of ether oxygens (including phenoxy) is 1. The first-order valence-corrected chi connectivity index (χ1v) is 8.12. The van der Waals surface area contributed by atoms with Crippen LogP contribution in [0.5, 0.6) is 5.75 Å². The molecule has 2 atom stereocenters. The van der Waals surface area contributed by atoms with Gasteiger partial charge in [-0.05, 0) is 30.4 Å². The van der Waals surface area contributed by atoms with E-state index in [1.165, 1.54) is 6.07 Å². The van der Waals surface area contributed by atoms with Gasteiger partial charge in [-0.2, -0.15) is 0 Å². The molecule has 7 heteroatoms. The normalized spacial score (nSPS) is 20.9. The van der Waals surface area contributed by atoms with Gasteiger partial charge in [0.25, 0.3) is 0 Å². The highest BCUT2D eigenvalue weighted by molar-refractivity contribution is 5.80. The molecule has 4 nitrogen and oxygen atoms in total. The van der Waals surface area contributed by atoms with Crippen molar-refractivity contribution in [3.8, 4) is 5.75 Å². The fourth-order valence-electron chi connectivity index (χ4n) is 2.55. The summed E-state index contributed by atoms with van der Waals surface area (Å²) in [5.74, 6) is 1.14. The molecule has 24 heavy (non-hydrogen) atoms. The van der Waals surface area contributed by atoms with Crippen molar-refractivity contribution in [3.63, 3.8) is 0 Å². The van der Waals surface area contributed by atoms with Gasteiger partial charge in [0, 0.05) is 25.6 Å². The van der Waals surface area contributed by atoms with Crippen molar-refractivity contribution in [1.82, 2.24) is 10.6 Å². The molecule has 1 saturated carbocycles. The zero-order chi connectivity index (χ0) is 17.7. The van der Waals surface area contributed by atoms with Crippen LogP contribution in [0.3, 0.4) is 0 Å². The van der Waals surface area contributed by atoms with E-state index >= 15 is 0 Å². The van der Waals surface area contributed by atoms with E-state index in [0.29, 0.717) is 17.4 Å². The summed E-state index contributed by atoms with van der Waals surface area (Å²) in [5, 5.41) is 6.48. The van der Waals surface area contributed by atoms with E-state index in [2.05, 4.69) is 34.2 Å². The van der Waals surface area contributed by atoms with Gasteiger partial charge in [0.05, 0.1) is 0 Å². The highest BCUT2D eigenvalue weighted by Crippen LogP contribution is 2.45. The third kappa shape index (κ3) is 5.62. The van der Waals surface area contributed by atoms with E-state index in [9.17, 15) is 13.2 Å². The molecular formula is C17H24F3N3O.